The van der Waals surface area contributed by atoms with Crippen LogP contribution in [-0.4, -0.2) is 73.4 Å². The Balaban J connectivity index is 3.92. The van der Waals surface area contributed by atoms with Crippen LogP contribution in [0.5, 0.6) is 0 Å². The number of amides is 1. The number of quaternary nitrogens is 1. The molecule has 486 valence electrons. The molecule has 0 aliphatic carbocycles. The average molecular weight is 1180 g/mol. The molecule has 0 aromatic heterocycles. The monoisotopic (exact) mass is 1180 g/mol. The van der Waals surface area contributed by atoms with E-state index in [1.54, 1.807) is 6.08 Å². The molecule has 83 heavy (non-hydrogen) atoms. The smallest absolute Gasteiger partial charge is 0.387 e. The van der Waals surface area contributed by atoms with E-state index in [-0.39, 0.29) is 19.1 Å². The maximum absolute atomic E-state index is 13.0. The summed E-state index contributed by atoms with van der Waals surface area (Å²) in [4.78, 5) is 23.4. The van der Waals surface area contributed by atoms with Gasteiger partial charge in [-0.05, 0) is 64.2 Å². The fraction of sp³-hybridized carbons (Fsp3) is 0.824. The van der Waals surface area contributed by atoms with Crippen LogP contribution in [0.4, 0.5) is 0 Å². The first-order chi connectivity index (χ1) is 40.5. The van der Waals surface area contributed by atoms with Gasteiger partial charge in [0.2, 0.25) is 5.91 Å². The Kier molecular flexibility index (Phi) is 62.8. The van der Waals surface area contributed by atoms with Crippen molar-refractivity contribution in [2.45, 2.75) is 353 Å². The Hall–Kier alpha value is -2.06. The molecule has 3 N–H and O–H groups in total. The number of hydrogen-bond donors (Lipinski definition) is 3. The van der Waals surface area contributed by atoms with E-state index in [4.69, 9.17) is 9.05 Å². The number of hydrogen-bond acceptors (Lipinski definition) is 5. The van der Waals surface area contributed by atoms with Crippen LogP contribution in [0.2, 0.25) is 0 Å². The number of nitrogens with one attached hydrogen (secondary N) is 1. The lowest BCUT2D eigenvalue weighted by Crippen LogP contribution is -2.45. The van der Waals surface area contributed by atoms with Crippen molar-refractivity contribution >= 4 is 13.7 Å². The summed E-state index contributed by atoms with van der Waals surface area (Å²) in [5, 5.41) is 14.0. The van der Waals surface area contributed by atoms with Gasteiger partial charge in [0, 0.05) is 6.42 Å². The van der Waals surface area contributed by atoms with Crippen LogP contribution in [0, 0.1) is 0 Å². The van der Waals surface area contributed by atoms with E-state index in [0.717, 1.165) is 70.6 Å². The number of likely N-dealkylation sites (N-methyl/N-ethyl adjacent to an activating group) is 1. The zero-order valence-corrected chi connectivity index (χ0v) is 56.6. The summed E-state index contributed by atoms with van der Waals surface area (Å²) in [6.45, 7) is 4.74. The van der Waals surface area contributed by atoms with Gasteiger partial charge in [0.05, 0.1) is 39.9 Å². The van der Waals surface area contributed by atoms with Gasteiger partial charge in [0.25, 0.3) is 0 Å². The molecule has 9 heteroatoms. The van der Waals surface area contributed by atoms with Crippen LogP contribution in [0.25, 0.3) is 0 Å². The first-order valence-electron chi connectivity index (χ1n) is 35.8. The summed E-state index contributed by atoms with van der Waals surface area (Å²) in [5.74, 6) is -0.171. The van der Waals surface area contributed by atoms with E-state index in [1.165, 1.54) is 250 Å². The Morgan fingerprint density at radius 1 is 0.422 bits per heavy atom. The van der Waals surface area contributed by atoms with Crippen molar-refractivity contribution in [3.63, 3.8) is 0 Å². The van der Waals surface area contributed by atoms with Crippen molar-refractivity contribution in [3.8, 4) is 0 Å². The SMILES string of the molecule is CC/C=C\C/C=C\C/C=C\C/C=C\C/C=C\CCCCCCCCCCCCCCCCCCCCCCCCCCCC(=O)NC(COP(=O)(O)OCC[N+](C)(C)C)C(O)/C=C/CCCCCCCCCCCCCCCCCCCC. The number of phosphoric acid groups is 1. The molecule has 0 heterocycles. The van der Waals surface area contributed by atoms with Crippen LogP contribution in [0.15, 0.2) is 72.9 Å². The van der Waals surface area contributed by atoms with Crippen LogP contribution < -0.4 is 5.32 Å². The van der Waals surface area contributed by atoms with Gasteiger partial charge in [-0.1, -0.05) is 344 Å². The molecular weight excluding hydrogens is 1040 g/mol. The van der Waals surface area contributed by atoms with E-state index in [0.29, 0.717) is 17.4 Å². The Bertz CT molecular complexity index is 1580. The van der Waals surface area contributed by atoms with Gasteiger partial charge in [-0.2, -0.15) is 0 Å². The standard InChI is InChI=1S/C74H139N2O6P/c1-6-8-10-12-14-16-18-20-22-24-26-28-29-30-31-32-33-34-35-36-37-38-39-40-41-42-43-44-45-46-47-48-50-52-54-56-58-60-62-64-66-68-74(78)75-72(71-82-83(79,80)81-70-69-76(3,4)5)73(77)67-65-63-61-59-57-55-53-51-49-27-25-23-21-19-17-15-13-11-9-7-2/h8,10,14,16,20,22,26,28,30-31,65,67,72-73,77H,6-7,9,11-13,15,17-19,21,23-25,27,29,32-64,66,68-71H2,1-5H3,(H-,75,78,79,80)/p+1/b10-8-,16-14-,22-20-,28-26-,31-30-,67-65+. The maximum Gasteiger partial charge on any atom is 0.472 e. The van der Waals surface area contributed by atoms with Crippen LogP contribution in [-0.2, 0) is 18.4 Å². The first kappa shape index (κ1) is 80.9. The van der Waals surface area contributed by atoms with Crippen LogP contribution in [0.1, 0.15) is 341 Å². The van der Waals surface area contributed by atoms with Crippen molar-refractivity contribution in [2.24, 2.45) is 0 Å². The van der Waals surface area contributed by atoms with Crippen molar-refractivity contribution in [1.82, 2.24) is 5.32 Å². The highest BCUT2D eigenvalue weighted by atomic mass is 31.2. The Morgan fingerprint density at radius 2 is 0.723 bits per heavy atom. The minimum atomic E-state index is -4.35. The molecule has 0 rings (SSSR count). The molecule has 0 bridgehead atoms. The summed E-state index contributed by atoms with van der Waals surface area (Å²) in [6, 6.07) is -0.847. The number of carbonyl (C=O) groups is 1. The van der Waals surface area contributed by atoms with E-state index >= 15 is 0 Å². The number of carbonyl (C=O) groups excluding carboxylic acids is 1. The normalized spacial score (nSPS) is 14.1. The van der Waals surface area contributed by atoms with Crippen molar-refractivity contribution < 1.29 is 32.9 Å². The minimum absolute atomic E-state index is 0.0626. The average Bonchev–Trinajstić information content (AvgIpc) is 3.49. The summed E-state index contributed by atoms with van der Waals surface area (Å²) >= 11 is 0. The number of nitrogens with zero attached hydrogens (tertiary/aromatic N) is 1. The molecule has 0 saturated heterocycles. The summed E-state index contributed by atoms with van der Waals surface area (Å²) in [6.07, 6.45) is 90.6. The predicted molar refractivity (Wildman–Crippen MR) is 364 cm³/mol. The third kappa shape index (κ3) is 67.3. The third-order valence-corrected chi connectivity index (χ3v) is 17.2. The number of rotatable bonds is 66. The highest BCUT2D eigenvalue weighted by Crippen LogP contribution is 2.43. The van der Waals surface area contributed by atoms with Crippen molar-refractivity contribution in [1.29, 1.82) is 0 Å². The zero-order chi connectivity index (χ0) is 60.5. The van der Waals surface area contributed by atoms with E-state index in [1.807, 2.05) is 27.2 Å². The molecule has 3 atom stereocenters. The largest absolute Gasteiger partial charge is 0.472 e. The summed E-state index contributed by atoms with van der Waals surface area (Å²) in [5.41, 5.74) is 0. The maximum atomic E-state index is 13.0. The number of phosphoric ester groups is 1. The molecule has 3 unspecified atom stereocenters. The lowest BCUT2D eigenvalue weighted by atomic mass is 10.0. The lowest BCUT2D eigenvalue weighted by Gasteiger charge is -2.25. The molecule has 0 fully saturated rings. The van der Waals surface area contributed by atoms with Gasteiger partial charge in [-0.3, -0.25) is 13.8 Å². The molecule has 1 amide bonds. The van der Waals surface area contributed by atoms with E-state index in [2.05, 4.69) is 79.9 Å². The fourth-order valence-corrected chi connectivity index (χ4v) is 11.4. The second kappa shape index (κ2) is 64.4. The molecule has 0 radical (unpaired) electrons. The highest BCUT2D eigenvalue weighted by molar-refractivity contribution is 7.47. The van der Waals surface area contributed by atoms with Crippen molar-refractivity contribution in [3.05, 3.63) is 72.9 Å². The lowest BCUT2D eigenvalue weighted by molar-refractivity contribution is -0.870. The van der Waals surface area contributed by atoms with Gasteiger partial charge in [0.1, 0.15) is 13.2 Å². The number of aliphatic hydroxyl groups is 1. The summed E-state index contributed by atoms with van der Waals surface area (Å²) < 4.78 is 23.8. The molecule has 0 aromatic carbocycles. The van der Waals surface area contributed by atoms with Gasteiger partial charge >= 0.3 is 7.82 Å². The fourth-order valence-electron chi connectivity index (χ4n) is 10.7. The van der Waals surface area contributed by atoms with Crippen LogP contribution >= 0.6 is 7.82 Å². The van der Waals surface area contributed by atoms with E-state index < -0.39 is 20.0 Å². The molecule has 0 aliphatic heterocycles. The van der Waals surface area contributed by atoms with Crippen molar-refractivity contribution in [2.75, 3.05) is 40.9 Å². The molecule has 0 aromatic rings. The molecule has 8 nitrogen and oxygen atoms in total. The Morgan fingerprint density at radius 3 is 1.06 bits per heavy atom. The number of unbranched alkanes of at least 4 members (excludes halogenated alkanes) is 43. The number of aliphatic hydroxyl groups excluding tert-OH is 1. The minimum Gasteiger partial charge on any atom is -0.387 e. The molecular formula is C74H140N2O6P+. The topological polar surface area (TPSA) is 105 Å². The Labute approximate surface area is 516 Å². The molecule has 0 aliphatic rings. The second-order valence-electron chi connectivity index (χ2n) is 25.6. The van der Waals surface area contributed by atoms with Gasteiger partial charge in [-0.25, -0.2) is 4.57 Å². The van der Waals surface area contributed by atoms with Gasteiger partial charge < -0.3 is 19.8 Å². The van der Waals surface area contributed by atoms with Gasteiger partial charge in [-0.15, -0.1) is 0 Å². The van der Waals surface area contributed by atoms with Crippen LogP contribution in [0.3, 0.4) is 0 Å². The molecule has 0 spiro atoms. The zero-order valence-electron chi connectivity index (χ0n) is 55.7. The predicted octanol–water partition coefficient (Wildman–Crippen LogP) is 22.9. The highest BCUT2D eigenvalue weighted by Gasteiger charge is 2.28. The van der Waals surface area contributed by atoms with E-state index in [9.17, 15) is 19.4 Å². The third-order valence-electron chi connectivity index (χ3n) is 16.2. The number of allylic oxidation sites excluding steroid dienone is 11. The quantitative estimate of drug-likeness (QED) is 0.0243. The van der Waals surface area contributed by atoms with Gasteiger partial charge in [0.15, 0.2) is 0 Å². The first-order valence-corrected chi connectivity index (χ1v) is 37.3. The second-order valence-corrected chi connectivity index (χ2v) is 27.0. The molecule has 0 saturated carbocycles. The summed E-state index contributed by atoms with van der Waals surface area (Å²) in [7, 11) is 1.59.